The summed E-state index contributed by atoms with van der Waals surface area (Å²) >= 11 is 5.06. The fraction of sp³-hybridized carbons (Fsp3) is 0.0690. The Morgan fingerprint density at radius 3 is 2.63 bits per heavy atom. The lowest BCUT2D eigenvalue weighted by molar-refractivity contribution is 0.419. The van der Waals surface area contributed by atoms with Crippen LogP contribution in [0.15, 0.2) is 112 Å². The van der Waals surface area contributed by atoms with Crippen LogP contribution < -0.4 is 10.3 Å². The van der Waals surface area contributed by atoms with Gasteiger partial charge in [-0.2, -0.15) is 9.78 Å². The van der Waals surface area contributed by atoms with Crippen LogP contribution in [0.3, 0.4) is 0 Å². The lowest BCUT2D eigenvalue weighted by atomic mass is 10.2. The highest BCUT2D eigenvalue weighted by Gasteiger charge is 2.18. The molecule has 3 aromatic carbocycles. The molecule has 188 valence electrons. The van der Waals surface area contributed by atoms with Crippen molar-refractivity contribution in [3.8, 4) is 17.3 Å². The Hall–Kier alpha value is -4.08. The molecule has 3 heterocycles. The number of fused-ring (bicyclic) bond motifs is 2. The molecule has 6 rings (SSSR count). The van der Waals surface area contributed by atoms with Gasteiger partial charge in [-0.05, 0) is 65.3 Å². The molecular formula is C29H20BrN3O4S. The smallest absolute Gasteiger partial charge is 0.282 e. The number of aromatic nitrogens is 2. The van der Waals surface area contributed by atoms with Crippen LogP contribution in [-0.4, -0.2) is 23.0 Å². The highest BCUT2D eigenvalue weighted by Crippen LogP contribution is 2.36. The van der Waals surface area contributed by atoms with Gasteiger partial charge in [-0.1, -0.05) is 47.7 Å². The molecule has 3 aromatic heterocycles. The van der Waals surface area contributed by atoms with E-state index in [0.717, 1.165) is 14.8 Å². The fourth-order valence-corrected chi connectivity index (χ4v) is 5.37. The van der Waals surface area contributed by atoms with Crippen LogP contribution in [0.1, 0.15) is 11.3 Å². The number of ether oxygens (including phenoxy) is 1. The van der Waals surface area contributed by atoms with Gasteiger partial charge in [-0.3, -0.25) is 4.79 Å². The predicted molar refractivity (Wildman–Crippen MR) is 152 cm³/mol. The molecule has 0 saturated carbocycles. The van der Waals surface area contributed by atoms with E-state index in [1.165, 1.54) is 28.2 Å². The van der Waals surface area contributed by atoms with Gasteiger partial charge in [-0.15, -0.1) is 0 Å². The molecule has 0 N–H and O–H groups in total. The molecule has 9 heteroatoms. The molecule has 0 radical (unpaired) electrons. The van der Waals surface area contributed by atoms with Gasteiger partial charge in [0.05, 0.1) is 34.1 Å². The van der Waals surface area contributed by atoms with Gasteiger partial charge >= 0.3 is 0 Å². The van der Waals surface area contributed by atoms with Crippen molar-refractivity contribution in [2.75, 3.05) is 7.11 Å². The number of furan rings is 2. The summed E-state index contributed by atoms with van der Waals surface area (Å²) in [6.07, 6.45) is 1.49. The van der Waals surface area contributed by atoms with Crippen molar-refractivity contribution in [3.63, 3.8) is 0 Å². The van der Waals surface area contributed by atoms with Crippen LogP contribution in [-0.2, 0) is 0 Å². The first kappa shape index (κ1) is 24.3. The standard InChI is InChI=1S/C29H20BrN3O4S/c1-17-10-12-19(13-11-17)38-29-22(30)14-18(36-29)16-31-33-27(32-23-7-4-3-6-20(23)28(33)34)26-15-21-24(35-2)8-5-9-25(21)37-26/h3-16H,1-2H3. The second-order valence-corrected chi connectivity index (χ2v) is 10.4. The molecule has 0 bridgehead atoms. The number of methoxy groups -OCH3 is 1. The van der Waals surface area contributed by atoms with Gasteiger partial charge in [-0.25, -0.2) is 4.98 Å². The number of hydrogen-bond acceptors (Lipinski definition) is 7. The molecule has 0 spiro atoms. The summed E-state index contributed by atoms with van der Waals surface area (Å²) in [6, 6.07) is 24.5. The molecule has 6 aromatic rings. The van der Waals surface area contributed by atoms with Gasteiger partial charge < -0.3 is 13.6 Å². The number of rotatable bonds is 6. The topological polar surface area (TPSA) is 82.8 Å². The Morgan fingerprint density at radius 1 is 1.00 bits per heavy atom. The number of hydrogen-bond donors (Lipinski definition) is 0. The molecule has 0 atom stereocenters. The van der Waals surface area contributed by atoms with Crippen molar-refractivity contribution in [2.24, 2.45) is 5.10 Å². The summed E-state index contributed by atoms with van der Waals surface area (Å²) < 4.78 is 19.6. The first-order chi connectivity index (χ1) is 18.5. The van der Waals surface area contributed by atoms with Gasteiger partial charge in [0.2, 0.25) is 5.82 Å². The fourth-order valence-electron chi connectivity index (χ4n) is 4.04. The van der Waals surface area contributed by atoms with E-state index >= 15 is 0 Å². The summed E-state index contributed by atoms with van der Waals surface area (Å²) in [5, 5.41) is 6.39. The van der Waals surface area contributed by atoms with Crippen molar-refractivity contribution in [2.45, 2.75) is 16.9 Å². The van der Waals surface area contributed by atoms with Crippen molar-refractivity contribution in [1.82, 2.24) is 9.66 Å². The van der Waals surface area contributed by atoms with Crippen LogP contribution in [0.5, 0.6) is 5.75 Å². The van der Waals surface area contributed by atoms with Crippen LogP contribution in [0.2, 0.25) is 0 Å². The number of para-hydroxylation sites is 1. The minimum absolute atomic E-state index is 0.267. The molecule has 0 aliphatic carbocycles. The number of aryl methyl sites for hydroxylation is 1. The molecule has 0 unspecified atom stereocenters. The van der Waals surface area contributed by atoms with E-state index in [9.17, 15) is 4.79 Å². The van der Waals surface area contributed by atoms with Gasteiger partial charge in [0.25, 0.3) is 5.56 Å². The first-order valence-electron chi connectivity index (χ1n) is 11.7. The Labute approximate surface area is 229 Å². The third kappa shape index (κ3) is 4.55. The van der Waals surface area contributed by atoms with Gasteiger partial charge in [0.15, 0.2) is 10.9 Å². The predicted octanol–water partition coefficient (Wildman–Crippen LogP) is 7.52. The van der Waals surface area contributed by atoms with E-state index in [1.54, 1.807) is 31.4 Å². The zero-order valence-corrected chi connectivity index (χ0v) is 22.7. The Kier molecular flexibility index (Phi) is 6.39. The Bertz CT molecular complexity index is 1890. The largest absolute Gasteiger partial charge is 0.496 e. The van der Waals surface area contributed by atoms with E-state index in [4.69, 9.17) is 18.6 Å². The van der Waals surface area contributed by atoms with Crippen LogP contribution in [0.25, 0.3) is 33.5 Å². The van der Waals surface area contributed by atoms with Crippen molar-refractivity contribution in [1.29, 1.82) is 0 Å². The quantitative estimate of drug-likeness (QED) is 0.188. The highest BCUT2D eigenvalue weighted by molar-refractivity contribution is 9.10. The molecule has 0 amide bonds. The van der Waals surface area contributed by atoms with E-state index in [2.05, 4.69) is 33.2 Å². The molecular weight excluding hydrogens is 566 g/mol. The maximum atomic E-state index is 13.5. The average molecular weight is 586 g/mol. The van der Waals surface area contributed by atoms with Crippen LogP contribution in [0.4, 0.5) is 0 Å². The SMILES string of the molecule is COc1cccc2oc(-c3nc4ccccc4c(=O)n3N=Cc3cc(Br)c(Sc4ccc(C)cc4)o3)cc12. The monoisotopic (exact) mass is 585 g/mol. The summed E-state index contributed by atoms with van der Waals surface area (Å²) in [7, 11) is 1.60. The first-order valence-corrected chi connectivity index (χ1v) is 13.3. The van der Waals surface area contributed by atoms with E-state index in [-0.39, 0.29) is 11.4 Å². The number of benzene rings is 3. The summed E-state index contributed by atoms with van der Waals surface area (Å²) in [6.45, 7) is 2.05. The minimum atomic E-state index is -0.325. The maximum absolute atomic E-state index is 13.5. The number of halogens is 1. The zero-order valence-electron chi connectivity index (χ0n) is 20.3. The lowest BCUT2D eigenvalue weighted by Crippen LogP contribution is -2.20. The van der Waals surface area contributed by atoms with Crippen molar-refractivity contribution >= 4 is 55.8 Å². The Morgan fingerprint density at radius 2 is 1.82 bits per heavy atom. The molecule has 38 heavy (non-hydrogen) atoms. The summed E-state index contributed by atoms with van der Waals surface area (Å²) in [5.41, 5.74) is 2.02. The van der Waals surface area contributed by atoms with Gasteiger partial charge in [0.1, 0.15) is 17.1 Å². The van der Waals surface area contributed by atoms with E-state index in [0.29, 0.717) is 38.8 Å². The molecule has 0 aliphatic heterocycles. The molecule has 0 saturated heterocycles. The zero-order chi connectivity index (χ0) is 26.2. The maximum Gasteiger partial charge on any atom is 0.282 e. The summed E-state index contributed by atoms with van der Waals surface area (Å²) in [4.78, 5) is 19.3. The highest BCUT2D eigenvalue weighted by atomic mass is 79.9. The molecule has 0 aliphatic rings. The van der Waals surface area contributed by atoms with Crippen LogP contribution in [0, 0.1) is 6.92 Å². The van der Waals surface area contributed by atoms with E-state index < -0.39 is 0 Å². The molecule has 0 fully saturated rings. The Balaban J connectivity index is 1.43. The third-order valence-corrected chi connectivity index (χ3v) is 7.77. The third-order valence-electron chi connectivity index (χ3n) is 5.92. The minimum Gasteiger partial charge on any atom is -0.496 e. The lowest BCUT2D eigenvalue weighted by Gasteiger charge is -2.06. The normalized spacial score (nSPS) is 11.7. The van der Waals surface area contributed by atoms with E-state index in [1.807, 2.05) is 49.4 Å². The summed E-state index contributed by atoms with van der Waals surface area (Å²) in [5.74, 6) is 1.79. The van der Waals surface area contributed by atoms with Crippen molar-refractivity contribution < 1.29 is 13.6 Å². The number of nitrogens with zero attached hydrogens (tertiary/aromatic N) is 3. The average Bonchev–Trinajstić information content (AvgIpc) is 3.52. The second kappa shape index (κ2) is 10.00. The van der Waals surface area contributed by atoms with Crippen LogP contribution >= 0.6 is 27.7 Å². The molecule has 7 nitrogen and oxygen atoms in total. The second-order valence-electron chi connectivity index (χ2n) is 8.50. The van der Waals surface area contributed by atoms with Crippen molar-refractivity contribution in [3.05, 3.63) is 105 Å². The van der Waals surface area contributed by atoms with Gasteiger partial charge in [0, 0.05) is 11.0 Å².